The van der Waals surface area contributed by atoms with Gasteiger partial charge in [-0.25, -0.2) is 0 Å². The van der Waals surface area contributed by atoms with Crippen LogP contribution < -0.4 is 5.32 Å². The van der Waals surface area contributed by atoms with E-state index in [1.165, 1.54) is 0 Å². The normalized spacial score (nSPS) is 26.0. The molecular formula is C16H19N3O3. The Labute approximate surface area is 128 Å². The van der Waals surface area contributed by atoms with E-state index in [1.54, 1.807) is 13.2 Å². The largest absolute Gasteiger partial charge is 0.469 e. The molecule has 2 aliphatic carbocycles. The molecule has 4 rings (SSSR count). The summed E-state index contributed by atoms with van der Waals surface area (Å²) in [6, 6.07) is 3.80. The van der Waals surface area contributed by atoms with Crippen molar-refractivity contribution in [2.24, 2.45) is 5.92 Å². The molecule has 2 aliphatic rings. The number of hydrogen-bond donors (Lipinski definition) is 1. The lowest BCUT2D eigenvalue weighted by Crippen LogP contribution is -2.45. The number of hydrogen-bond acceptors (Lipinski definition) is 5. The van der Waals surface area contributed by atoms with Crippen molar-refractivity contribution < 1.29 is 13.7 Å². The maximum atomic E-state index is 12.6. The molecule has 2 heterocycles. The second-order valence-electron chi connectivity index (χ2n) is 6.38. The summed E-state index contributed by atoms with van der Waals surface area (Å²) in [7, 11) is 0. The van der Waals surface area contributed by atoms with Crippen LogP contribution in [0.25, 0.3) is 0 Å². The molecule has 0 saturated heterocycles. The first-order valence-corrected chi connectivity index (χ1v) is 7.84. The summed E-state index contributed by atoms with van der Waals surface area (Å²) in [5, 5.41) is 7.26. The molecule has 0 bridgehead atoms. The summed E-state index contributed by atoms with van der Waals surface area (Å²) in [6.07, 6.45) is 6.38. The molecule has 2 aromatic rings. The summed E-state index contributed by atoms with van der Waals surface area (Å²) < 4.78 is 10.5. The van der Waals surface area contributed by atoms with Gasteiger partial charge in [-0.15, -0.1) is 0 Å². The Morgan fingerprint density at radius 2 is 2.23 bits per heavy atom. The SMILES string of the molecule is Cc1nc(C2(NC(=O)[C@@H]3C[C@@H]3c3ccco3)CCCC2)no1. The Kier molecular flexibility index (Phi) is 3.06. The molecule has 2 fully saturated rings. The Morgan fingerprint density at radius 3 is 2.86 bits per heavy atom. The number of aromatic nitrogens is 2. The van der Waals surface area contributed by atoms with Gasteiger partial charge in [-0.3, -0.25) is 4.79 Å². The molecule has 22 heavy (non-hydrogen) atoms. The van der Waals surface area contributed by atoms with Gasteiger partial charge in [-0.2, -0.15) is 4.98 Å². The summed E-state index contributed by atoms with van der Waals surface area (Å²) >= 11 is 0. The van der Waals surface area contributed by atoms with Gasteiger partial charge in [0.25, 0.3) is 0 Å². The van der Waals surface area contributed by atoms with Gasteiger partial charge < -0.3 is 14.3 Å². The van der Waals surface area contributed by atoms with E-state index in [1.807, 2.05) is 12.1 Å². The molecule has 2 atom stereocenters. The molecule has 0 spiro atoms. The lowest BCUT2D eigenvalue weighted by atomic mass is 9.96. The van der Waals surface area contributed by atoms with Crippen LogP contribution in [0.1, 0.15) is 55.5 Å². The third-order valence-electron chi connectivity index (χ3n) is 4.81. The van der Waals surface area contributed by atoms with Crippen molar-refractivity contribution in [2.75, 3.05) is 0 Å². The molecule has 2 saturated carbocycles. The number of amides is 1. The summed E-state index contributed by atoms with van der Waals surface area (Å²) in [6.45, 7) is 1.77. The third kappa shape index (κ3) is 2.23. The number of aryl methyl sites for hydroxylation is 1. The number of furan rings is 1. The number of nitrogens with one attached hydrogen (secondary N) is 1. The predicted octanol–water partition coefficient (Wildman–Crippen LogP) is 2.66. The molecule has 0 aromatic carbocycles. The highest BCUT2D eigenvalue weighted by atomic mass is 16.5. The fraction of sp³-hybridized carbons (Fsp3) is 0.562. The molecular weight excluding hydrogens is 282 g/mol. The zero-order chi connectivity index (χ0) is 15.2. The first-order valence-electron chi connectivity index (χ1n) is 7.84. The highest BCUT2D eigenvalue weighted by molar-refractivity contribution is 5.83. The lowest BCUT2D eigenvalue weighted by molar-refractivity contribution is -0.124. The molecule has 6 heteroatoms. The van der Waals surface area contributed by atoms with Crippen molar-refractivity contribution in [3.63, 3.8) is 0 Å². The maximum absolute atomic E-state index is 12.6. The lowest BCUT2D eigenvalue weighted by Gasteiger charge is -2.26. The van der Waals surface area contributed by atoms with Crippen molar-refractivity contribution in [1.29, 1.82) is 0 Å². The Morgan fingerprint density at radius 1 is 1.41 bits per heavy atom. The Balaban J connectivity index is 1.50. The van der Waals surface area contributed by atoms with Crippen LogP contribution in [0.5, 0.6) is 0 Å². The first kappa shape index (κ1) is 13.5. The van der Waals surface area contributed by atoms with Gasteiger partial charge >= 0.3 is 0 Å². The van der Waals surface area contributed by atoms with Crippen LogP contribution in [-0.4, -0.2) is 16.0 Å². The maximum Gasteiger partial charge on any atom is 0.224 e. The fourth-order valence-electron chi connectivity index (χ4n) is 3.51. The van der Waals surface area contributed by atoms with Crippen molar-refractivity contribution in [1.82, 2.24) is 15.5 Å². The number of carbonyl (C=O) groups excluding carboxylic acids is 1. The topological polar surface area (TPSA) is 81.2 Å². The van der Waals surface area contributed by atoms with Crippen LogP contribution in [-0.2, 0) is 10.3 Å². The van der Waals surface area contributed by atoms with Crippen LogP contribution in [0.4, 0.5) is 0 Å². The second kappa shape index (κ2) is 4.97. The van der Waals surface area contributed by atoms with Crippen LogP contribution in [0.15, 0.2) is 27.3 Å². The molecule has 1 N–H and O–H groups in total. The van der Waals surface area contributed by atoms with Gasteiger partial charge in [-0.1, -0.05) is 18.0 Å². The first-order chi connectivity index (χ1) is 10.7. The molecule has 0 unspecified atom stereocenters. The zero-order valence-corrected chi connectivity index (χ0v) is 12.5. The number of rotatable bonds is 4. The Bertz CT molecular complexity index is 671. The second-order valence-corrected chi connectivity index (χ2v) is 6.38. The minimum absolute atomic E-state index is 0.00313. The third-order valence-corrected chi connectivity index (χ3v) is 4.81. The number of nitrogens with zero attached hydrogens (tertiary/aromatic N) is 2. The van der Waals surface area contributed by atoms with E-state index in [9.17, 15) is 4.79 Å². The van der Waals surface area contributed by atoms with Crippen LogP contribution >= 0.6 is 0 Å². The van der Waals surface area contributed by atoms with E-state index in [2.05, 4.69) is 15.5 Å². The van der Waals surface area contributed by atoms with Gasteiger partial charge in [0.05, 0.1) is 6.26 Å². The summed E-state index contributed by atoms with van der Waals surface area (Å²) in [5.41, 5.74) is -0.453. The standard InChI is InChI=1S/C16H19N3O3/c1-10-17-15(19-22-10)16(6-2-3-7-16)18-14(20)12-9-11(12)13-5-4-8-21-13/h4-5,8,11-12H,2-3,6-7,9H2,1H3,(H,18,20)/t11-,12+/m0/s1. The highest BCUT2D eigenvalue weighted by Crippen LogP contribution is 2.49. The van der Waals surface area contributed by atoms with Gasteiger partial charge in [0, 0.05) is 18.8 Å². The molecule has 2 aromatic heterocycles. The summed E-state index contributed by atoms with van der Waals surface area (Å²) in [4.78, 5) is 17.0. The van der Waals surface area contributed by atoms with E-state index in [4.69, 9.17) is 8.94 Å². The van der Waals surface area contributed by atoms with Gasteiger partial charge in [0.2, 0.25) is 11.8 Å². The van der Waals surface area contributed by atoms with Crippen LogP contribution in [0.3, 0.4) is 0 Å². The van der Waals surface area contributed by atoms with Crippen molar-refractivity contribution in [3.05, 3.63) is 35.9 Å². The minimum Gasteiger partial charge on any atom is -0.469 e. The molecule has 0 radical (unpaired) electrons. The van der Waals surface area contributed by atoms with Gasteiger partial charge in [0.1, 0.15) is 11.3 Å². The average molecular weight is 301 g/mol. The average Bonchev–Trinajstić information content (AvgIpc) is 2.96. The minimum atomic E-state index is -0.453. The van der Waals surface area contributed by atoms with Crippen molar-refractivity contribution >= 4 is 5.91 Å². The monoisotopic (exact) mass is 301 g/mol. The zero-order valence-electron chi connectivity index (χ0n) is 12.5. The predicted molar refractivity (Wildman–Crippen MR) is 76.9 cm³/mol. The van der Waals surface area contributed by atoms with E-state index >= 15 is 0 Å². The van der Waals surface area contributed by atoms with Crippen LogP contribution in [0.2, 0.25) is 0 Å². The molecule has 0 aliphatic heterocycles. The van der Waals surface area contributed by atoms with Crippen molar-refractivity contribution in [3.8, 4) is 0 Å². The quantitative estimate of drug-likeness (QED) is 0.939. The molecule has 116 valence electrons. The number of carbonyl (C=O) groups is 1. The van der Waals surface area contributed by atoms with Crippen LogP contribution in [0, 0.1) is 12.8 Å². The van der Waals surface area contributed by atoms with Gasteiger partial charge in [0.15, 0.2) is 5.82 Å². The van der Waals surface area contributed by atoms with E-state index in [0.29, 0.717) is 11.7 Å². The van der Waals surface area contributed by atoms with E-state index in [0.717, 1.165) is 37.9 Å². The van der Waals surface area contributed by atoms with Crippen molar-refractivity contribution in [2.45, 2.75) is 50.5 Å². The molecule has 6 nitrogen and oxygen atoms in total. The highest BCUT2D eigenvalue weighted by Gasteiger charge is 2.49. The Hall–Kier alpha value is -2.11. The van der Waals surface area contributed by atoms with E-state index < -0.39 is 5.54 Å². The van der Waals surface area contributed by atoms with E-state index in [-0.39, 0.29) is 17.7 Å². The van der Waals surface area contributed by atoms with Gasteiger partial charge in [-0.05, 0) is 31.4 Å². The molecule has 1 amide bonds. The smallest absolute Gasteiger partial charge is 0.224 e. The fourth-order valence-corrected chi connectivity index (χ4v) is 3.51. The summed E-state index contributed by atoms with van der Waals surface area (Å²) in [5.74, 6) is 2.33.